The Bertz CT molecular complexity index is 1980. The SMILES string of the molecule is CCC(C)n1ncn(-c2ccc(N3CCN(c4ccc(OC[C@@H]5CO[C@@](Cn6nccn6)(c6ccc(Cl)cc6Cl)O5)cc4)CC3)cc2F)c1=O. The van der Waals surface area contributed by atoms with Crippen molar-refractivity contribution in [3.05, 3.63) is 111 Å². The van der Waals surface area contributed by atoms with Crippen LogP contribution in [-0.4, -0.2) is 74.8 Å². The van der Waals surface area contributed by atoms with E-state index in [9.17, 15) is 4.79 Å². The molecule has 2 fully saturated rings. The van der Waals surface area contributed by atoms with Crippen LogP contribution in [0.5, 0.6) is 5.75 Å². The molecule has 0 N–H and O–H groups in total. The van der Waals surface area contributed by atoms with Crippen LogP contribution in [0.3, 0.4) is 0 Å². The van der Waals surface area contributed by atoms with Crippen LogP contribution in [0.25, 0.3) is 5.69 Å². The van der Waals surface area contributed by atoms with Gasteiger partial charge in [0, 0.05) is 48.1 Å². The fraction of sp³-hybridized carbons (Fsp3) is 0.371. The number of hydrogen-bond acceptors (Lipinski definition) is 9. The molecular weight excluding hydrogens is 686 g/mol. The lowest BCUT2D eigenvalue weighted by Crippen LogP contribution is -2.46. The Morgan fingerprint density at radius 3 is 2.34 bits per heavy atom. The monoisotopic (exact) mass is 722 g/mol. The number of rotatable bonds is 11. The highest BCUT2D eigenvalue weighted by Crippen LogP contribution is 2.40. The van der Waals surface area contributed by atoms with Crippen molar-refractivity contribution in [1.82, 2.24) is 29.3 Å². The van der Waals surface area contributed by atoms with Crippen molar-refractivity contribution >= 4 is 34.6 Å². The zero-order valence-electron chi connectivity index (χ0n) is 27.7. The Kier molecular flexibility index (Phi) is 9.82. The van der Waals surface area contributed by atoms with Crippen molar-refractivity contribution in [2.75, 3.05) is 49.2 Å². The van der Waals surface area contributed by atoms with Crippen molar-refractivity contribution in [3.8, 4) is 11.4 Å². The maximum absolute atomic E-state index is 15.2. The van der Waals surface area contributed by atoms with Gasteiger partial charge in [-0.2, -0.15) is 20.1 Å². The Morgan fingerprint density at radius 1 is 0.960 bits per heavy atom. The first-order valence-corrected chi connectivity index (χ1v) is 17.3. The second kappa shape index (κ2) is 14.4. The van der Waals surface area contributed by atoms with E-state index in [1.54, 1.807) is 36.7 Å². The van der Waals surface area contributed by atoms with Crippen molar-refractivity contribution in [2.45, 2.75) is 44.7 Å². The second-order valence-electron chi connectivity index (χ2n) is 12.4. The van der Waals surface area contributed by atoms with Gasteiger partial charge in [-0.25, -0.2) is 18.4 Å². The standard InChI is InChI=1S/C35H37Cl2FN8O4/c1-3-24(2)46-34(47)44(23-41-46)33-11-7-27(19-32(33)38)43-16-14-42(15-17-43)26-5-8-28(9-6-26)48-20-29-21-49-35(50-29,22-45-39-12-13-40-45)30-10-4-25(36)18-31(30)37/h4-13,18-19,23-24,29H,3,14-17,20-22H2,1-2H3/t24?,29-,35-/m1/s1. The van der Waals surface area contributed by atoms with Crippen molar-refractivity contribution < 1.29 is 18.6 Å². The summed E-state index contributed by atoms with van der Waals surface area (Å²) in [5, 5.41) is 13.5. The van der Waals surface area contributed by atoms with Crippen molar-refractivity contribution in [1.29, 1.82) is 0 Å². The summed E-state index contributed by atoms with van der Waals surface area (Å²) in [5.74, 6) is -0.961. The summed E-state index contributed by atoms with van der Waals surface area (Å²) in [6, 6.07) is 18.1. The highest BCUT2D eigenvalue weighted by Gasteiger charge is 2.46. The average Bonchev–Trinajstić information content (AvgIpc) is 3.88. The summed E-state index contributed by atoms with van der Waals surface area (Å²) in [6.07, 6.45) is 4.95. The molecule has 7 rings (SSSR count). The molecule has 2 saturated heterocycles. The maximum Gasteiger partial charge on any atom is 0.350 e. The Hall–Kier alpha value is -4.43. The molecule has 3 aromatic carbocycles. The molecule has 2 aromatic heterocycles. The molecule has 3 atom stereocenters. The van der Waals surface area contributed by atoms with Crippen LogP contribution in [-0.2, 0) is 21.8 Å². The number of ether oxygens (including phenoxy) is 3. The molecule has 5 aromatic rings. The van der Waals surface area contributed by atoms with Gasteiger partial charge in [-0.3, -0.25) is 0 Å². The van der Waals surface area contributed by atoms with Gasteiger partial charge >= 0.3 is 5.69 Å². The number of piperazine rings is 1. The summed E-state index contributed by atoms with van der Waals surface area (Å²) in [5.41, 5.74) is 2.32. The normalized spacial score (nSPS) is 20.0. The molecule has 2 aliphatic rings. The van der Waals surface area contributed by atoms with Crippen LogP contribution >= 0.6 is 23.2 Å². The molecular formula is C35H37Cl2FN8O4. The second-order valence-corrected chi connectivity index (χ2v) is 13.2. The number of hydrogen-bond donors (Lipinski definition) is 0. The fourth-order valence-electron chi connectivity index (χ4n) is 6.28. The van der Waals surface area contributed by atoms with Crippen LogP contribution in [0, 0.1) is 5.82 Å². The molecule has 1 unspecified atom stereocenters. The largest absolute Gasteiger partial charge is 0.491 e. The van der Waals surface area contributed by atoms with E-state index in [1.165, 1.54) is 26.4 Å². The Morgan fingerprint density at radius 2 is 1.66 bits per heavy atom. The lowest BCUT2D eigenvalue weighted by molar-refractivity contribution is -0.192. The van der Waals surface area contributed by atoms with Gasteiger partial charge in [0.1, 0.15) is 37.1 Å². The lowest BCUT2D eigenvalue weighted by atomic mass is 10.1. The summed E-state index contributed by atoms with van der Waals surface area (Å²) >= 11 is 12.7. The first kappa shape index (κ1) is 34.0. The molecule has 0 spiro atoms. The summed E-state index contributed by atoms with van der Waals surface area (Å²) in [6.45, 7) is 7.61. The zero-order chi connectivity index (χ0) is 34.8. The van der Waals surface area contributed by atoms with E-state index in [0.717, 1.165) is 44.0 Å². The molecule has 0 saturated carbocycles. The highest BCUT2D eigenvalue weighted by atomic mass is 35.5. The fourth-order valence-corrected chi connectivity index (χ4v) is 6.83. The van der Waals surface area contributed by atoms with Gasteiger partial charge in [-0.15, -0.1) is 0 Å². The molecule has 15 heteroatoms. The van der Waals surface area contributed by atoms with Gasteiger partial charge in [0.2, 0.25) is 5.79 Å². The molecule has 262 valence electrons. The van der Waals surface area contributed by atoms with Crippen LogP contribution < -0.4 is 20.2 Å². The van der Waals surface area contributed by atoms with E-state index < -0.39 is 11.6 Å². The molecule has 12 nitrogen and oxygen atoms in total. The third-order valence-electron chi connectivity index (χ3n) is 9.19. The van der Waals surface area contributed by atoms with E-state index in [-0.39, 0.29) is 43.3 Å². The smallest absolute Gasteiger partial charge is 0.350 e. The Balaban J connectivity index is 0.938. The minimum Gasteiger partial charge on any atom is -0.491 e. The van der Waals surface area contributed by atoms with Crippen molar-refractivity contribution in [3.63, 3.8) is 0 Å². The lowest BCUT2D eigenvalue weighted by Gasteiger charge is -2.37. The number of aromatic nitrogens is 6. The predicted octanol–water partition coefficient (Wildman–Crippen LogP) is 5.72. The Labute approximate surface area is 298 Å². The van der Waals surface area contributed by atoms with Gasteiger partial charge in [-0.05, 0) is 67.9 Å². The topological polar surface area (TPSA) is 105 Å². The van der Waals surface area contributed by atoms with E-state index in [1.807, 2.05) is 44.2 Å². The van der Waals surface area contributed by atoms with Gasteiger partial charge in [0.25, 0.3) is 0 Å². The quantitative estimate of drug-likeness (QED) is 0.169. The van der Waals surface area contributed by atoms with Crippen LogP contribution in [0.15, 0.2) is 84.2 Å². The van der Waals surface area contributed by atoms with Crippen LogP contribution in [0.2, 0.25) is 10.0 Å². The van der Waals surface area contributed by atoms with E-state index in [4.69, 9.17) is 37.4 Å². The van der Waals surface area contributed by atoms with Gasteiger partial charge in [-0.1, -0.05) is 36.2 Å². The van der Waals surface area contributed by atoms with Gasteiger partial charge in [0.05, 0.1) is 35.8 Å². The first-order chi connectivity index (χ1) is 24.2. The molecule has 0 bridgehead atoms. The molecule has 0 aliphatic carbocycles. The van der Waals surface area contributed by atoms with E-state index in [0.29, 0.717) is 21.4 Å². The first-order valence-electron chi connectivity index (χ1n) is 16.5. The number of halogens is 3. The summed E-state index contributed by atoms with van der Waals surface area (Å²) in [4.78, 5) is 18.7. The maximum atomic E-state index is 15.2. The number of nitrogens with zero attached hydrogens (tertiary/aromatic N) is 8. The van der Waals surface area contributed by atoms with Gasteiger partial charge in [0.15, 0.2) is 0 Å². The summed E-state index contributed by atoms with van der Waals surface area (Å²) < 4.78 is 36.7. The van der Waals surface area contributed by atoms with E-state index in [2.05, 4.69) is 25.1 Å². The zero-order valence-corrected chi connectivity index (χ0v) is 29.2. The average molecular weight is 724 g/mol. The highest BCUT2D eigenvalue weighted by molar-refractivity contribution is 6.35. The van der Waals surface area contributed by atoms with E-state index >= 15 is 4.39 Å². The predicted molar refractivity (Wildman–Crippen MR) is 188 cm³/mol. The molecule has 2 aliphatic heterocycles. The summed E-state index contributed by atoms with van der Waals surface area (Å²) in [7, 11) is 0. The number of benzene rings is 3. The minimum atomic E-state index is -1.20. The van der Waals surface area contributed by atoms with Crippen molar-refractivity contribution in [2.24, 2.45) is 0 Å². The molecule has 0 radical (unpaired) electrons. The minimum absolute atomic E-state index is 0.0625. The van der Waals surface area contributed by atoms with Crippen LogP contribution in [0.1, 0.15) is 31.9 Å². The van der Waals surface area contributed by atoms with Gasteiger partial charge < -0.3 is 24.0 Å². The third kappa shape index (κ3) is 6.95. The third-order valence-corrected chi connectivity index (χ3v) is 9.74. The molecule has 4 heterocycles. The number of anilines is 2. The molecule has 0 amide bonds. The van der Waals surface area contributed by atoms with Crippen LogP contribution in [0.4, 0.5) is 15.8 Å². The molecule has 50 heavy (non-hydrogen) atoms.